The van der Waals surface area contributed by atoms with Gasteiger partial charge in [-0.2, -0.15) is 0 Å². The molecule has 1 amide bonds. The monoisotopic (exact) mass is 364 g/mol. The van der Waals surface area contributed by atoms with Crippen molar-refractivity contribution in [1.29, 1.82) is 0 Å². The Balaban J connectivity index is 1.91. The highest BCUT2D eigenvalue weighted by Crippen LogP contribution is 2.28. The molecular formula is C20H20N4O3. The molecule has 7 nitrogen and oxygen atoms in total. The quantitative estimate of drug-likeness (QED) is 0.676. The Hall–Kier alpha value is -3.61. The zero-order valence-corrected chi connectivity index (χ0v) is 14.9. The fourth-order valence-electron chi connectivity index (χ4n) is 2.82. The Bertz CT molecular complexity index is 980. The van der Waals surface area contributed by atoms with Gasteiger partial charge in [-0.3, -0.25) is 4.79 Å². The fourth-order valence-corrected chi connectivity index (χ4v) is 2.82. The first-order valence-electron chi connectivity index (χ1n) is 8.48. The van der Waals surface area contributed by atoms with Crippen LogP contribution >= 0.6 is 0 Å². The Morgan fingerprint density at radius 3 is 2.59 bits per heavy atom. The van der Waals surface area contributed by atoms with Crippen LogP contribution in [0.25, 0.3) is 11.4 Å². The van der Waals surface area contributed by atoms with Crippen LogP contribution in [0.4, 0.5) is 10.5 Å². The van der Waals surface area contributed by atoms with E-state index < -0.39 is 12.0 Å². The Morgan fingerprint density at radius 1 is 1.19 bits per heavy atom. The van der Waals surface area contributed by atoms with Gasteiger partial charge in [0.25, 0.3) is 0 Å². The van der Waals surface area contributed by atoms with Crippen molar-refractivity contribution in [1.82, 2.24) is 9.55 Å². The third-order valence-corrected chi connectivity index (χ3v) is 4.21. The summed E-state index contributed by atoms with van der Waals surface area (Å²) >= 11 is 0. The first-order chi connectivity index (χ1) is 13.0. The van der Waals surface area contributed by atoms with Crippen LogP contribution in [-0.2, 0) is 17.8 Å². The normalized spacial score (nSPS) is 10.6. The van der Waals surface area contributed by atoms with Crippen molar-refractivity contribution < 1.29 is 14.3 Å². The number of aromatic nitrogens is 2. The number of nitrogens with zero attached hydrogens (tertiary/aromatic N) is 2. The van der Waals surface area contributed by atoms with Crippen molar-refractivity contribution in [3.63, 3.8) is 0 Å². The lowest BCUT2D eigenvalue weighted by Crippen LogP contribution is -2.17. The van der Waals surface area contributed by atoms with Crippen molar-refractivity contribution in [2.24, 2.45) is 5.73 Å². The van der Waals surface area contributed by atoms with Gasteiger partial charge in [0.05, 0.1) is 0 Å². The number of nitrogens with two attached hydrogens (primary N) is 2. The number of primary amides is 1. The van der Waals surface area contributed by atoms with E-state index in [-0.39, 0.29) is 12.4 Å². The molecule has 0 saturated heterocycles. The molecule has 2 aromatic carbocycles. The minimum atomic E-state index is -0.592. The van der Waals surface area contributed by atoms with Gasteiger partial charge in [-0.1, -0.05) is 37.3 Å². The van der Waals surface area contributed by atoms with E-state index in [1.807, 2.05) is 37.3 Å². The van der Waals surface area contributed by atoms with Gasteiger partial charge in [0.1, 0.15) is 6.61 Å². The third-order valence-electron chi connectivity index (χ3n) is 4.21. The average molecular weight is 364 g/mol. The van der Waals surface area contributed by atoms with Crippen LogP contribution < -0.4 is 11.5 Å². The molecule has 0 radical (unpaired) electrons. The molecule has 0 aliphatic rings. The number of amides is 1. The number of rotatable bonds is 5. The second-order valence-electron chi connectivity index (χ2n) is 5.98. The maximum Gasteiger partial charge on any atom is 0.420 e. The largest absolute Gasteiger partial charge is 0.444 e. The maximum absolute atomic E-state index is 12.5. The summed E-state index contributed by atoms with van der Waals surface area (Å²) in [6, 6.07) is 12.6. The van der Waals surface area contributed by atoms with Crippen LogP contribution in [0, 0.1) is 0 Å². The lowest BCUT2D eigenvalue weighted by molar-refractivity contribution is 0.0999. The minimum Gasteiger partial charge on any atom is -0.444 e. The van der Waals surface area contributed by atoms with Crippen molar-refractivity contribution in [2.75, 3.05) is 5.73 Å². The molecule has 27 heavy (non-hydrogen) atoms. The summed E-state index contributed by atoms with van der Waals surface area (Å²) in [5, 5.41) is 0. The van der Waals surface area contributed by atoms with Crippen LogP contribution in [0.5, 0.6) is 0 Å². The number of anilines is 1. The van der Waals surface area contributed by atoms with Crippen molar-refractivity contribution in [3.8, 4) is 11.4 Å². The van der Waals surface area contributed by atoms with Gasteiger partial charge in [-0.05, 0) is 29.7 Å². The van der Waals surface area contributed by atoms with Gasteiger partial charge in [-0.15, -0.1) is 0 Å². The number of carbonyl (C=O) groups excluding carboxylic acids is 2. The molecule has 0 fully saturated rings. The Kier molecular flexibility index (Phi) is 5.21. The Morgan fingerprint density at radius 2 is 1.93 bits per heavy atom. The summed E-state index contributed by atoms with van der Waals surface area (Å²) in [5.41, 5.74) is 14.4. The van der Waals surface area contributed by atoms with Crippen molar-refractivity contribution >= 4 is 17.7 Å². The number of carbonyl (C=O) groups is 2. The lowest BCUT2D eigenvalue weighted by Gasteiger charge is -2.13. The van der Waals surface area contributed by atoms with E-state index in [4.69, 9.17) is 16.2 Å². The van der Waals surface area contributed by atoms with E-state index in [2.05, 4.69) is 4.98 Å². The van der Waals surface area contributed by atoms with Crippen LogP contribution in [0.3, 0.4) is 0 Å². The van der Waals surface area contributed by atoms with E-state index in [0.717, 1.165) is 11.1 Å². The van der Waals surface area contributed by atoms with Crippen molar-refractivity contribution in [2.45, 2.75) is 20.0 Å². The maximum atomic E-state index is 12.5. The molecule has 0 unspecified atom stereocenters. The summed E-state index contributed by atoms with van der Waals surface area (Å²) in [4.78, 5) is 28.5. The second-order valence-corrected chi connectivity index (χ2v) is 5.98. The van der Waals surface area contributed by atoms with E-state index in [0.29, 0.717) is 23.2 Å². The third kappa shape index (κ3) is 3.82. The number of imidazole rings is 1. The molecule has 0 saturated carbocycles. The number of hydrogen-bond acceptors (Lipinski definition) is 5. The predicted octanol–water partition coefficient (Wildman–Crippen LogP) is 2.98. The molecule has 0 aliphatic heterocycles. The molecule has 0 spiro atoms. The van der Waals surface area contributed by atoms with Crippen molar-refractivity contribution in [3.05, 3.63) is 71.5 Å². The van der Waals surface area contributed by atoms with Gasteiger partial charge in [0, 0.05) is 29.2 Å². The number of ether oxygens (including phenoxy) is 1. The molecular weight excluding hydrogens is 344 g/mol. The first kappa shape index (κ1) is 18.2. The van der Waals surface area contributed by atoms with E-state index >= 15 is 0 Å². The number of benzene rings is 2. The summed E-state index contributed by atoms with van der Waals surface area (Å²) in [6.45, 7) is 2.04. The van der Waals surface area contributed by atoms with E-state index in [9.17, 15) is 9.59 Å². The topological polar surface area (TPSA) is 113 Å². The molecule has 138 valence electrons. The predicted molar refractivity (Wildman–Crippen MR) is 102 cm³/mol. The zero-order chi connectivity index (χ0) is 19.4. The Labute approximate surface area is 156 Å². The minimum absolute atomic E-state index is 0.133. The number of nitrogen functional groups attached to an aromatic ring is 1. The van der Waals surface area contributed by atoms with Crippen LogP contribution in [0.2, 0.25) is 0 Å². The number of aryl methyl sites for hydroxylation is 1. The SMILES string of the molecule is CCc1cc(N)c(-c2nccn2C(=O)OCc2ccccc2)cc1C(N)=O. The molecule has 0 aliphatic carbocycles. The molecule has 7 heteroatoms. The van der Waals surface area contributed by atoms with Gasteiger partial charge in [0.15, 0.2) is 5.82 Å². The average Bonchev–Trinajstić information content (AvgIpc) is 3.16. The zero-order valence-electron chi connectivity index (χ0n) is 14.9. The van der Waals surface area contributed by atoms with Gasteiger partial charge in [0.2, 0.25) is 5.91 Å². The second kappa shape index (κ2) is 7.74. The number of hydrogen-bond donors (Lipinski definition) is 2. The molecule has 0 atom stereocenters. The molecule has 3 aromatic rings. The van der Waals surface area contributed by atoms with Gasteiger partial charge in [-0.25, -0.2) is 14.3 Å². The summed E-state index contributed by atoms with van der Waals surface area (Å²) in [6.07, 6.45) is 2.97. The highest BCUT2D eigenvalue weighted by molar-refractivity contribution is 5.97. The lowest BCUT2D eigenvalue weighted by atomic mass is 9.99. The standard InChI is InChI=1S/C20H20N4O3/c1-2-14-10-17(21)16(11-15(14)18(22)25)19-23-8-9-24(19)20(26)27-12-13-6-4-3-5-7-13/h3-11H,2,12,21H2,1H3,(H2,22,25). The summed E-state index contributed by atoms with van der Waals surface area (Å²) < 4.78 is 6.60. The van der Waals surface area contributed by atoms with Crippen LogP contribution in [0.1, 0.15) is 28.4 Å². The molecule has 1 aromatic heterocycles. The fraction of sp³-hybridized carbons (Fsp3) is 0.150. The van der Waals surface area contributed by atoms with Gasteiger partial charge < -0.3 is 16.2 Å². The van der Waals surface area contributed by atoms with Crippen LogP contribution in [-0.4, -0.2) is 21.6 Å². The highest BCUT2D eigenvalue weighted by atomic mass is 16.5. The van der Waals surface area contributed by atoms with E-state index in [1.54, 1.807) is 12.1 Å². The smallest absolute Gasteiger partial charge is 0.420 e. The molecule has 3 rings (SSSR count). The molecule has 1 heterocycles. The highest BCUT2D eigenvalue weighted by Gasteiger charge is 2.19. The van der Waals surface area contributed by atoms with Crippen LogP contribution in [0.15, 0.2) is 54.9 Å². The summed E-state index contributed by atoms with van der Waals surface area (Å²) in [7, 11) is 0. The summed E-state index contributed by atoms with van der Waals surface area (Å²) in [5.74, 6) is -0.270. The first-order valence-corrected chi connectivity index (χ1v) is 8.48. The molecule has 0 bridgehead atoms. The van der Waals surface area contributed by atoms with E-state index in [1.165, 1.54) is 17.0 Å². The van der Waals surface area contributed by atoms with Gasteiger partial charge >= 0.3 is 6.09 Å². The molecule has 4 N–H and O–H groups in total.